The van der Waals surface area contributed by atoms with Crippen molar-refractivity contribution in [3.8, 4) is 23.1 Å². The van der Waals surface area contributed by atoms with Crippen LogP contribution >= 0.6 is 0 Å². The number of aliphatic hydroxyl groups is 1. The fourth-order valence-electron chi connectivity index (χ4n) is 4.34. The number of nitriles is 1. The number of hydrogen-bond donors (Lipinski definition) is 2. The summed E-state index contributed by atoms with van der Waals surface area (Å²) in [4.78, 5) is 17.3. The number of amides is 1. The fourth-order valence-corrected chi connectivity index (χ4v) is 5.70. The molecule has 2 heterocycles. The Hall–Kier alpha value is -2.63. The van der Waals surface area contributed by atoms with Crippen LogP contribution in [0.5, 0.6) is 5.75 Å². The normalized spacial score (nSPS) is 15.2. The molecule has 0 bridgehead atoms. The van der Waals surface area contributed by atoms with Crippen LogP contribution in [0, 0.1) is 42.4 Å². The van der Waals surface area contributed by atoms with E-state index < -0.39 is 15.9 Å². The van der Waals surface area contributed by atoms with Gasteiger partial charge in [-0.05, 0) is 57.4 Å². The first-order valence-electron chi connectivity index (χ1n) is 12.1. The molecular formula is C27H30N4O5SU. The van der Waals surface area contributed by atoms with Crippen LogP contribution in [0.4, 0.5) is 0 Å². The number of sulfone groups is 1. The molecule has 0 fully saturated rings. The van der Waals surface area contributed by atoms with E-state index >= 15 is 0 Å². The number of fused-ring (bicyclic) bond motifs is 1. The van der Waals surface area contributed by atoms with E-state index in [4.69, 9.17) is 4.74 Å². The minimum Gasteiger partial charge on any atom is -0.490 e. The quantitative estimate of drug-likeness (QED) is 0.343. The molecule has 11 heteroatoms. The SMILES string of the molecule is CC(O)C[C@H](Cc1ccc(-c2cn3c(n2)S(=O)(=O)CC3)cc1)NC(=O)c1ccc(OC(C)C)c(C#N)c1.[U]. The molecular weight excluding hydrogens is 730 g/mol. The van der Waals surface area contributed by atoms with Crippen LogP contribution in [0.15, 0.2) is 53.8 Å². The van der Waals surface area contributed by atoms with Crippen molar-refractivity contribution in [2.75, 3.05) is 5.75 Å². The third-order valence-electron chi connectivity index (χ3n) is 6.04. The summed E-state index contributed by atoms with van der Waals surface area (Å²) >= 11 is 0. The zero-order valence-electron chi connectivity index (χ0n) is 21.5. The summed E-state index contributed by atoms with van der Waals surface area (Å²) in [6.07, 6.45) is 1.84. The van der Waals surface area contributed by atoms with E-state index in [9.17, 15) is 23.6 Å². The molecule has 0 radical (unpaired) electrons. The predicted molar refractivity (Wildman–Crippen MR) is 138 cm³/mol. The maximum Gasteiger partial charge on any atom is 0.251 e. The predicted octanol–water partition coefficient (Wildman–Crippen LogP) is 3.11. The van der Waals surface area contributed by atoms with Crippen LogP contribution in [0.3, 0.4) is 0 Å². The Morgan fingerprint density at radius 2 is 1.92 bits per heavy atom. The maximum absolute atomic E-state index is 13.0. The Labute approximate surface area is 246 Å². The van der Waals surface area contributed by atoms with E-state index in [1.165, 1.54) is 6.07 Å². The molecule has 1 unspecified atom stereocenters. The summed E-state index contributed by atoms with van der Waals surface area (Å²) in [5.74, 6) is 0.164. The number of nitrogens with one attached hydrogen (secondary N) is 1. The van der Waals surface area contributed by atoms with Crippen molar-refractivity contribution in [1.82, 2.24) is 14.9 Å². The van der Waals surface area contributed by atoms with Gasteiger partial charge in [0.2, 0.25) is 15.0 Å². The van der Waals surface area contributed by atoms with Crippen molar-refractivity contribution in [2.45, 2.75) is 63.6 Å². The standard InChI is InChI=1S/C27H30N4O5S.U/c1-17(2)36-25-9-8-21(14-22(25)15-28)26(33)29-23(12-18(3)32)13-19-4-6-20(7-5-19)24-16-31-10-11-37(34,35)27(31)30-24;/h4-9,14,16-18,23,32H,10-13H2,1-3H3,(H,29,33);/t18?,23-;/m1./s1. The number of aryl methyl sites for hydroxylation is 1. The van der Waals surface area contributed by atoms with Crippen LogP contribution in [0.2, 0.25) is 0 Å². The van der Waals surface area contributed by atoms with Gasteiger partial charge < -0.3 is 19.7 Å². The molecule has 38 heavy (non-hydrogen) atoms. The molecule has 0 spiro atoms. The number of carbonyl (C=O) groups excluding carboxylic acids is 1. The van der Waals surface area contributed by atoms with Crippen LogP contribution in [-0.2, 0) is 22.8 Å². The van der Waals surface area contributed by atoms with Crippen LogP contribution < -0.4 is 10.1 Å². The fraction of sp³-hybridized carbons (Fsp3) is 0.370. The van der Waals surface area contributed by atoms with E-state index in [0.29, 0.717) is 36.4 Å². The molecule has 2 atom stereocenters. The smallest absolute Gasteiger partial charge is 0.251 e. The number of benzene rings is 2. The number of aliphatic hydroxyl groups excluding tert-OH is 1. The van der Waals surface area contributed by atoms with E-state index in [1.807, 2.05) is 38.1 Å². The first-order valence-corrected chi connectivity index (χ1v) is 13.8. The number of nitrogens with zero attached hydrogens (tertiary/aromatic N) is 3. The molecule has 1 aliphatic heterocycles. The Morgan fingerprint density at radius 3 is 2.53 bits per heavy atom. The van der Waals surface area contributed by atoms with Gasteiger partial charge in [-0.2, -0.15) is 5.26 Å². The maximum atomic E-state index is 13.0. The van der Waals surface area contributed by atoms with Crippen LogP contribution in [-0.4, -0.2) is 53.0 Å². The number of ether oxygens (including phenoxy) is 1. The molecule has 9 nitrogen and oxygen atoms in total. The molecule has 2 N–H and O–H groups in total. The van der Waals surface area contributed by atoms with Crippen molar-refractivity contribution in [1.29, 1.82) is 5.26 Å². The van der Waals surface area contributed by atoms with Gasteiger partial charge in [0, 0.05) is 61.0 Å². The number of carbonyl (C=O) groups is 1. The van der Waals surface area contributed by atoms with Crippen molar-refractivity contribution in [3.05, 3.63) is 65.4 Å². The first kappa shape index (κ1) is 29.9. The molecule has 1 aromatic heterocycles. The number of rotatable bonds is 9. The van der Waals surface area contributed by atoms with E-state index in [-0.39, 0.29) is 65.6 Å². The van der Waals surface area contributed by atoms with Crippen molar-refractivity contribution < 1.29 is 54.2 Å². The van der Waals surface area contributed by atoms with Gasteiger partial charge in [-0.25, -0.2) is 13.4 Å². The molecule has 4 rings (SSSR count). The zero-order chi connectivity index (χ0) is 26.7. The number of aromatic nitrogens is 2. The Balaban J connectivity index is 0.00000400. The number of hydrogen-bond acceptors (Lipinski definition) is 7. The molecule has 3 aromatic rings. The monoisotopic (exact) mass is 760 g/mol. The summed E-state index contributed by atoms with van der Waals surface area (Å²) in [5.41, 5.74) is 2.94. The van der Waals surface area contributed by atoms with Crippen LogP contribution in [0.1, 0.15) is 48.7 Å². The molecule has 2 aromatic carbocycles. The molecule has 1 aliphatic rings. The second-order valence-corrected chi connectivity index (χ2v) is 11.6. The third kappa shape index (κ3) is 7.06. The van der Waals surface area contributed by atoms with Gasteiger partial charge in [0.05, 0.1) is 29.2 Å². The zero-order valence-corrected chi connectivity index (χ0v) is 26.5. The largest absolute Gasteiger partial charge is 0.490 e. The Morgan fingerprint density at radius 1 is 1.21 bits per heavy atom. The van der Waals surface area contributed by atoms with Gasteiger partial charge in [0.1, 0.15) is 11.8 Å². The van der Waals surface area contributed by atoms with Gasteiger partial charge >= 0.3 is 0 Å². The molecule has 0 saturated heterocycles. The Kier molecular flexibility index (Phi) is 9.83. The molecule has 0 aliphatic carbocycles. The van der Waals surface area contributed by atoms with E-state index in [1.54, 1.807) is 29.8 Å². The van der Waals surface area contributed by atoms with Gasteiger partial charge in [-0.1, -0.05) is 24.3 Å². The minimum atomic E-state index is -3.31. The Bertz CT molecular complexity index is 1440. The minimum absolute atomic E-state index is 0. The summed E-state index contributed by atoms with van der Waals surface area (Å²) in [6, 6.07) is 14.0. The molecule has 198 valence electrons. The second-order valence-electron chi connectivity index (χ2n) is 9.57. The number of imidazole rings is 1. The third-order valence-corrected chi connectivity index (χ3v) is 7.64. The first-order chi connectivity index (χ1) is 17.6. The molecule has 1 amide bonds. The van der Waals surface area contributed by atoms with Gasteiger partial charge in [-0.3, -0.25) is 4.79 Å². The summed E-state index contributed by atoms with van der Waals surface area (Å²) in [5, 5.41) is 22.6. The second kappa shape index (κ2) is 12.5. The average Bonchev–Trinajstić information content (AvgIpc) is 3.39. The van der Waals surface area contributed by atoms with Crippen LogP contribution in [0.25, 0.3) is 11.3 Å². The van der Waals surface area contributed by atoms with E-state index in [2.05, 4.69) is 16.4 Å². The summed E-state index contributed by atoms with van der Waals surface area (Å²) in [7, 11) is -3.31. The average molecular weight is 761 g/mol. The summed E-state index contributed by atoms with van der Waals surface area (Å²) < 4.78 is 31.5. The van der Waals surface area contributed by atoms with Gasteiger partial charge in [0.15, 0.2) is 0 Å². The van der Waals surface area contributed by atoms with E-state index in [0.717, 1.165) is 11.1 Å². The van der Waals surface area contributed by atoms with Gasteiger partial charge in [0.25, 0.3) is 5.91 Å². The molecule has 0 saturated carbocycles. The topological polar surface area (TPSA) is 134 Å². The van der Waals surface area contributed by atoms with Crippen molar-refractivity contribution >= 4 is 15.7 Å². The van der Waals surface area contributed by atoms with Crippen molar-refractivity contribution in [3.63, 3.8) is 0 Å². The summed E-state index contributed by atoms with van der Waals surface area (Å²) in [6.45, 7) is 5.80. The van der Waals surface area contributed by atoms with Crippen molar-refractivity contribution in [2.24, 2.45) is 0 Å². The van der Waals surface area contributed by atoms with Gasteiger partial charge in [-0.15, -0.1) is 0 Å².